The molecule has 0 bridgehead atoms. The van der Waals surface area contributed by atoms with Gasteiger partial charge in [0.2, 0.25) is 0 Å². The van der Waals surface area contributed by atoms with Gasteiger partial charge in [0.05, 0.1) is 13.7 Å². The van der Waals surface area contributed by atoms with Crippen molar-refractivity contribution in [2.24, 2.45) is 0 Å². The predicted octanol–water partition coefficient (Wildman–Crippen LogP) is 2.52. The number of imidazole rings is 1. The van der Waals surface area contributed by atoms with E-state index in [1.807, 2.05) is 24.4 Å². The maximum Gasteiger partial charge on any atom is 0.342 e. The van der Waals surface area contributed by atoms with Crippen LogP contribution in [0.1, 0.15) is 5.56 Å². The lowest BCUT2D eigenvalue weighted by Gasteiger charge is -2.02. The van der Waals surface area contributed by atoms with E-state index in [4.69, 9.17) is 4.74 Å². The fourth-order valence-electron chi connectivity index (χ4n) is 2.37. The Bertz CT molecular complexity index is 790. The number of hydrogen-bond donors (Lipinski definition) is 1. The first-order valence-electron chi connectivity index (χ1n) is 6.47. The van der Waals surface area contributed by atoms with E-state index in [0.29, 0.717) is 13.0 Å². The molecule has 0 unspecified atom stereocenters. The summed E-state index contributed by atoms with van der Waals surface area (Å²) < 4.78 is 6.77. The van der Waals surface area contributed by atoms with E-state index in [1.165, 1.54) is 12.5 Å². The van der Waals surface area contributed by atoms with Crippen molar-refractivity contribution >= 4 is 16.7 Å². The molecule has 0 radical (unpaired) electrons. The normalized spacial score (nSPS) is 10.9. The van der Waals surface area contributed by atoms with Gasteiger partial charge in [-0.1, -0.05) is 0 Å². The number of ether oxygens (including phenoxy) is 1. The molecule has 21 heavy (non-hydrogen) atoms. The SMILES string of the molecule is COc1ccc2[nH]cc(CCn3cncc3[N+](=O)[O-])c2c1. The Kier molecular flexibility index (Phi) is 3.31. The molecule has 0 atom stereocenters. The molecule has 1 aromatic carbocycles. The van der Waals surface area contributed by atoms with Gasteiger partial charge in [-0.15, -0.1) is 0 Å². The second-order valence-electron chi connectivity index (χ2n) is 4.68. The van der Waals surface area contributed by atoms with Crippen LogP contribution in [0.25, 0.3) is 10.9 Å². The number of aryl methyl sites for hydroxylation is 2. The van der Waals surface area contributed by atoms with E-state index in [0.717, 1.165) is 22.2 Å². The summed E-state index contributed by atoms with van der Waals surface area (Å²) >= 11 is 0. The van der Waals surface area contributed by atoms with E-state index in [2.05, 4.69) is 9.97 Å². The number of hydrogen-bond acceptors (Lipinski definition) is 4. The maximum atomic E-state index is 10.9. The molecular formula is C14H14N4O3. The molecule has 0 amide bonds. The zero-order chi connectivity index (χ0) is 14.8. The van der Waals surface area contributed by atoms with Crippen LogP contribution in [0, 0.1) is 10.1 Å². The van der Waals surface area contributed by atoms with Crippen LogP contribution >= 0.6 is 0 Å². The van der Waals surface area contributed by atoms with Crippen LogP contribution in [-0.2, 0) is 13.0 Å². The number of methoxy groups -OCH3 is 1. The lowest BCUT2D eigenvalue weighted by molar-refractivity contribution is -0.392. The van der Waals surface area contributed by atoms with Crippen molar-refractivity contribution < 1.29 is 9.66 Å². The quantitative estimate of drug-likeness (QED) is 0.576. The average molecular weight is 286 g/mol. The van der Waals surface area contributed by atoms with E-state index in [-0.39, 0.29) is 5.82 Å². The number of nitro groups is 1. The Morgan fingerprint density at radius 1 is 1.48 bits per heavy atom. The van der Waals surface area contributed by atoms with Gasteiger partial charge in [0.15, 0.2) is 6.33 Å². The second-order valence-corrected chi connectivity index (χ2v) is 4.68. The highest BCUT2D eigenvalue weighted by Crippen LogP contribution is 2.24. The van der Waals surface area contributed by atoms with Gasteiger partial charge in [0.25, 0.3) is 0 Å². The molecule has 1 N–H and O–H groups in total. The van der Waals surface area contributed by atoms with Crippen LogP contribution < -0.4 is 4.74 Å². The van der Waals surface area contributed by atoms with Crippen molar-refractivity contribution in [3.05, 3.63) is 52.6 Å². The van der Waals surface area contributed by atoms with Crippen LogP contribution in [-0.4, -0.2) is 26.6 Å². The summed E-state index contributed by atoms with van der Waals surface area (Å²) in [6.07, 6.45) is 5.34. The highest BCUT2D eigenvalue weighted by molar-refractivity contribution is 5.84. The first-order chi connectivity index (χ1) is 10.2. The van der Waals surface area contributed by atoms with Gasteiger partial charge in [0.1, 0.15) is 11.9 Å². The summed E-state index contributed by atoms with van der Waals surface area (Å²) in [4.78, 5) is 17.5. The van der Waals surface area contributed by atoms with Crippen molar-refractivity contribution in [3.63, 3.8) is 0 Å². The van der Waals surface area contributed by atoms with Crippen LogP contribution in [0.5, 0.6) is 5.75 Å². The van der Waals surface area contributed by atoms with Crippen molar-refractivity contribution in [3.8, 4) is 5.75 Å². The lowest BCUT2D eigenvalue weighted by atomic mass is 10.1. The molecule has 7 nitrogen and oxygen atoms in total. The molecule has 7 heteroatoms. The van der Waals surface area contributed by atoms with Crippen molar-refractivity contribution in [2.75, 3.05) is 7.11 Å². The number of H-pyrrole nitrogens is 1. The highest BCUT2D eigenvalue weighted by Gasteiger charge is 2.13. The molecular weight excluding hydrogens is 272 g/mol. The maximum absolute atomic E-state index is 10.9. The summed E-state index contributed by atoms with van der Waals surface area (Å²) in [5.41, 5.74) is 2.11. The summed E-state index contributed by atoms with van der Waals surface area (Å²) in [6, 6.07) is 5.81. The van der Waals surface area contributed by atoms with Crippen molar-refractivity contribution in [2.45, 2.75) is 13.0 Å². The third-order valence-corrected chi connectivity index (χ3v) is 3.47. The van der Waals surface area contributed by atoms with Gasteiger partial charge in [-0.25, -0.2) is 9.55 Å². The zero-order valence-electron chi connectivity index (χ0n) is 11.4. The molecule has 0 fully saturated rings. The Morgan fingerprint density at radius 2 is 2.33 bits per heavy atom. The van der Waals surface area contributed by atoms with E-state index < -0.39 is 4.92 Å². The Hall–Kier alpha value is -2.83. The molecule has 0 aliphatic heterocycles. The minimum absolute atomic E-state index is 0.00687. The molecule has 0 spiro atoms. The number of benzene rings is 1. The zero-order valence-corrected chi connectivity index (χ0v) is 11.4. The summed E-state index contributed by atoms with van der Waals surface area (Å²) in [5, 5.41) is 11.9. The minimum Gasteiger partial charge on any atom is -0.497 e. The average Bonchev–Trinajstić information content (AvgIpc) is 3.11. The molecule has 2 heterocycles. The first-order valence-corrected chi connectivity index (χ1v) is 6.47. The standard InChI is InChI=1S/C14H14N4O3/c1-21-11-2-3-13-12(6-11)10(7-16-13)4-5-17-9-15-8-14(17)18(19)20/h2-3,6-9,16H,4-5H2,1H3. The second kappa shape index (κ2) is 5.28. The number of nitrogens with one attached hydrogen (secondary N) is 1. The minimum atomic E-state index is -0.425. The number of nitrogens with zero attached hydrogens (tertiary/aromatic N) is 3. The smallest absolute Gasteiger partial charge is 0.342 e. The lowest BCUT2D eigenvalue weighted by Crippen LogP contribution is -2.04. The first kappa shape index (κ1) is 13.2. The number of fused-ring (bicyclic) bond motifs is 1. The third-order valence-electron chi connectivity index (χ3n) is 3.47. The number of rotatable bonds is 5. The fraction of sp³-hybridized carbons (Fsp3) is 0.214. The molecule has 0 saturated heterocycles. The Balaban J connectivity index is 1.85. The third kappa shape index (κ3) is 2.45. The summed E-state index contributed by atoms with van der Waals surface area (Å²) in [6.45, 7) is 0.500. The van der Waals surface area contributed by atoms with E-state index in [1.54, 1.807) is 11.7 Å². The van der Waals surface area contributed by atoms with Gasteiger partial charge in [-0.3, -0.25) is 0 Å². The van der Waals surface area contributed by atoms with Gasteiger partial charge >= 0.3 is 5.82 Å². The van der Waals surface area contributed by atoms with Crippen LogP contribution in [0.15, 0.2) is 36.9 Å². The van der Waals surface area contributed by atoms with Crippen molar-refractivity contribution in [1.82, 2.24) is 14.5 Å². The van der Waals surface area contributed by atoms with Crippen LogP contribution in [0.2, 0.25) is 0 Å². The van der Waals surface area contributed by atoms with Crippen molar-refractivity contribution in [1.29, 1.82) is 0 Å². The molecule has 0 saturated carbocycles. The molecule has 0 aliphatic rings. The topological polar surface area (TPSA) is 86.0 Å². The largest absolute Gasteiger partial charge is 0.497 e. The van der Waals surface area contributed by atoms with Gasteiger partial charge in [0, 0.05) is 23.5 Å². The van der Waals surface area contributed by atoms with Gasteiger partial charge < -0.3 is 19.8 Å². The number of aromatic amines is 1. The molecule has 108 valence electrons. The van der Waals surface area contributed by atoms with Gasteiger partial charge in [-0.05, 0) is 28.7 Å². The molecule has 3 rings (SSSR count). The Labute approximate surface area is 120 Å². The molecule has 3 aromatic rings. The number of aromatic nitrogens is 3. The predicted molar refractivity (Wildman–Crippen MR) is 77.4 cm³/mol. The monoisotopic (exact) mass is 286 g/mol. The summed E-state index contributed by atoms with van der Waals surface area (Å²) in [5.74, 6) is 0.796. The van der Waals surface area contributed by atoms with E-state index in [9.17, 15) is 10.1 Å². The van der Waals surface area contributed by atoms with Crippen LogP contribution in [0.3, 0.4) is 0 Å². The summed E-state index contributed by atoms with van der Waals surface area (Å²) in [7, 11) is 1.63. The van der Waals surface area contributed by atoms with E-state index >= 15 is 0 Å². The van der Waals surface area contributed by atoms with Crippen LogP contribution in [0.4, 0.5) is 5.82 Å². The highest BCUT2D eigenvalue weighted by atomic mass is 16.6. The van der Waals surface area contributed by atoms with Gasteiger partial charge in [-0.2, -0.15) is 0 Å². The Morgan fingerprint density at radius 3 is 3.10 bits per heavy atom. The fourth-order valence-corrected chi connectivity index (χ4v) is 2.37. The molecule has 2 aromatic heterocycles. The molecule has 0 aliphatic carbocycles.